The number of furan rings is 1. The third kappa shape index (κ3) is 5.30. The van der Waals surface area contributed by atoms with Crippen LogP contribution in [-0.2, 0) is 21.4 Å². The zero-order valence-electron chi connectivity index (χ0n) is 28.7. The maximum absolute atomic E-state index is 10.4. The van der Waals surface area contributed by atoms with E-state index in [-0.39, 0.29) is 23.9 Å². The van der Waals surface area contributed by atoms with Gasteiger partial charge in [0.1, 0.15) is 46.2 Å². The Balaban J connectivity index is 1.01. The second-order valence-electron chi connectivity index (χ2n) is 14.2. The summed E-state index contributed by atoms with van der Waals surface area (Å²) in [6.07, 6.45) is 2.74. The van der Waals surface area contributed by atoms with Crippen molar-refractivity contribution < 1.29 is 28.6 Å². The Morgan fingerprint density at radius 2 is 1.92 bits per heavy atom. The molecular formula is C37H38N8O6. The number of fused-ring (bicyclic) bond motifs is 3. The van der Waals surface area contributed by atoms with Gasteiger partial charge in [-0.25, -0.2) is 19.8 Å². The number of hydrogen-bond acceptors (Lipinski definition) is 13. The molecule has 1 saturated carbocycles. The number of hydrogen-bond donors (Lipinski definition) is 1. The van der Waals surface area contributed by atoms with E-state index in [0.717, 1.165) is 57.8 Å². The molecule has 5 atom stereocenters. The monoisotopic (exact) mass is 690 g/mol. The fraction of sp³-hybridized carbons (Fsp3) is 0.459. The molecule has 10 rings (SSSR count). The van der Waals surface area contributed by atoms with E-state index in [4.69, 9.17) is 38.4 Å². The summed E-state index contributed by atoms with van der Waals surface area (Å²) in [5.41, 5.74) is 5.14. The summed E-state index contributed by atoms with van der Waals surface area (Å²) >= 11 is 0. The molecule has 4 saturated heterocycles. The third-order valence-electron chi connectivity index (χ3n) is 10.7. The van der Waals surface area contributed by atoms with Gasteiger partial charge in [0.05, 0.1) is 38.1 Å². The summed E-state index contributed by atoms with van der Waals surface area (Å²) in [7, 11) is 1.89. The highest BCUT2D eigenvalue weighted by molar-refractivity contribution is 6.05. The molecule has 5 fully saturated rings. The van der Waals surface area contributed by atoms with Gasteiger partial charge >= 0.3 is 0 Å². The Hall–Kier alpha value is -4.78. The van der Waals surface area contributed by atoms with Gasteiger partial charge in [0.2, 0.25) is 5.88 Å². The molecule has 1 spiro atoms. The molecule has 1 aliphatic carbocycles. The quantitative estimate of drug-likeness (QED) is 0.205. The number of rotatable bonds is 6. The summed E-state index contributed by atoms with van der Waals surface area (Å²) in [6.45, 7) is 6.90. The second-order valence-corrected chi connectivity index (χ2v) is 14.2. The highest BCUT2D eigenvalue weighted by Crippen LogP contribution is 2.45. The summed E-state index contributed by atoms with van der Waals surface area (Å²) in [5, 5.41) is 17.4. The largest absolute Gasteiger partial charge is 0.471 e. The molecule has 4 aliphatic heterocycles. The van der Waals surface area contributed by atoms with E-state index in [1.807, 2.05) is 44.3 Å². The number of aromatic nitrogens is 5. The van der Waals surface area contributed by atoms with Gasteiger partial charge in [-0.1, -0.05) is 18.1 Å². The Bertz CT molecular complexity index is 2230. The van der Waals surface area contributed by atoms with Crippen LogP contribution >= 0.6 is 0 Å². The second kappa shape index (κ2) is 11.6. The average Bonchev–Trinajstić information content (AvgIpc) is 3.98. The van der Waals surface area contributed by atoms with E-state index in [0.29, 0.717) is 62.5 Å². The molecular weight excluding hydrogens is 652 g/mol. The topological polar surface area (TPSA) is 140 Å². The maximum atomic E-state index is 10.4. The van der Waals surface area contributed by atoms with Crippen molar-refractivity contribution >= 4 is 33.6 Å². The summed E-state index contributed by atoms with van der Waals surface area (Å²) in [4.78, 5) is 24.9. The first-order chi connectivity index (χ1) is 24.8. The van der Waals surface area contributed by atoms with Gasteiger partial charge in [-0.05, 0) is 56.9 Å². The number of aliphatic hydroxyl groups excluding tert-OH is 1. The van der Waals surface area contributed by atoms with Crippen molar-refractivity contribution in [3.8, 4) is 17.7 Å². The number of benzene rings is 1. The average molecular weight is 691 g/mol. The highest BCUT2D eigenvalue weighted by Gasteiger charge is 2.52. The Morgan fingerprint density at radius 3 is 2.67 bits per heavy atom. The number of aryl methyl sites for hydroxylation is 2. The fourth-order valence-electron chi connectivity index (χ4n) is 7.67. The predicted octanol–water partition coefficient (Wildman–Crippen LogP) is 3.59. The Morgan fingerprint density at radius 1 is 1.08 bits per heavy atom. The van der Waals surface area contributed by atoms with Gasteiger partial charge < -0.3 is 33.5 Å². The van der Waals surface area contributed by atoms with E-state index in [1.165, 1.54) is 0 Å². The molecule has 5 aliphatic rings. The van der Waals surface area contributed by atoms with Crippen molar-refractivity contribution in [3.63, 3.8) is 0 Å². The van der Waals surface area contributed by atoms with Crippen molar-refractivity contribution in [1.82, 2.24) is 29.8 Å². The molecule has 5 aromatic rings. The highest BCUT2D eigenvalue weighted by atomic mass is 16.9. The standard InChI is InChI=1S/C37H38N8O6/c1-21-14-25(42(3)41-21)11-8-23-15-28(43-12-13-48-37(22(43)2)19-47-20-37)35(38-17-23)49-26-16-30(45-36(46)51-45)44(18-26)34-32-31(39-33(40-34)24-9-10-24)27-6-4-5-7-29(27)50-32/h4-7,14-15,17,22,24,26,30,36,46H,9-10,12-13,16,18-20H2,1-3H3/t22-,26-,30+,36?,45?/m0/s1. The smallest absolute Gasteiger partial charge is 0.258 e. The Labute approximate surface area is 293 Å². The van der Waals surface area contributed by atoms with Crippen LogP contribution in [0.15, 0.2) is 47.0 Å². The molecule has 1 N–H and O–H groups in total. The van der Waals surface area contributed by atoms with Crippen molar-refractivity contribution in [3.05, 3.63) is 65.4 Å². The summed E-state index contributed by atoms with van der Waals surface area (Å²) < 4.78 is 26.9. The molecule has 4 aromatic heterocycles. The molecule has 0 bridgehead atoms. The maximum Gasteiger partial charge on any atom is 0.258 e. The number of morpholine rings is 1. The molecule has 51 heavy (non-hydrogen) atoms. The lowest BCUT2D eigenvalue weighted by Gasteiger charge is -2.53. The van der Waals surface area contributed by atoms with Crippen LogP contribution in [0.3, 0.4) is 0 Å². The van der Waals surface area contributed by atoms with Gasteiger partial charge in [0, 0.05) is 43.1 Å². The fourth-order valence-corrected chi connectivity index (χ4v) is 7.67. The number of aliphatic hydroxyl groups is 1. The van der Waals surface area contributed by atoms with E-state index < -0.39 is 6.41 Å². The number of pyridine rings is 1. The lowest BCUT2D eigenvalue weighted by Crippen LogP contribution is -2.68. The van der Waals surface area contributed by atoms with Crippen LogP contribution in [0, 0.1) is 18.8 Å². The normalized spacial score (nSPS) is 26.8. The number of nitrogens with zero attached hydrogens (tertiary/aromatic N) is 8. The van der Waals surface area contributed by atoms with E-state index in [9.17, 15) is 5.11 Å². The minimum Gasteiger partial charge on any atom is -0.471 e. The molecule has 262 valence electrons. The molecule has 14 heteroatoms. The van der Waals surface area contributed by atoms with Gasteiger partial charge in [-0.2, -0.15) is 5.10 Å². The number of hydroxylamine groups is 2. The first kappa shape index (κ1) is 31.0. The SMILES string of the molecule is Cc1cc(C#Cc2cnc(O[C@H]3C[C@@H](N4OC4O)N(c4nc(C5CC5)nc5c4oc4ccccc45)C3)c(N3CCOC4(COC4)[C@@H]3C)c2)n(C)n1. The van der Waals surface area contributed by atoms with E-state index in [2.05, 4.69) is 39.7 Å². The van der Waals surface area contributed by atoms with Gasteiger partial charge in [-0.3, -0.25) is 4.68 Å². The van der Waals surface area contributed by atoms with Crippen molar-refractivity contribution in [1.29, 1.82) is 0 Å². The number of ether oxygens (including phenoxy) is 3. The lowest BCUT2D eigenvalue weighted by molar-refractivity contribution is -0.228. The van der Waals surface area contributed by atoms with E-state index in [1.54, 1.807) is 15.9 Å². The van der Waals surface area contributed by atoms with Crippen LogP contribution in [0.5, 0.6) is 5.88 Å². The van der Waals surface area contributed by atoms with Gasteiger partial charge in [0.15, 0.2) is 11.4 Å². The predicted molar refractivity (Wildman–Crippen MR) is 185 cm³/mol. The molecule has 0 amide bonds. The first-order valence-corrected chi connectivity index (χ1v) is 17.6. The molecule has 14 nitrogen and oxygen atoms in total. The van der Waals surface area contributed by atoms with Crippen LogP contribution in [0.1, 0.15) is 54.9 Å². The Kier molecular flexibility index (Phi) is 7.06. The van der Waals surface area contributed by atoms with Gasteiger partial charge in [0.25, 0.3) is 6.41 Å². The lowest BCUT2D eigenvalue weighted by atomic mass is 9.90. The zero-order chi connectivity index (χ0) is 34.4. The van der Waals surface area contributed by atoms with Crippen LogP contribution in [-0.4, -0.2) is 98.1 Å². The molecule has 8 heterocycles. The van der Waals surface area contributed by atoms with Crippen molar-refractivity contribution in [2.45, 2.75) is 69.4 Å². The summed E-state index contributed by atoms with van der Waals surface area (Å²) in [6, 6.07) is 12.0. The molecule has 0 radical (unpaired) electrons. The third-order valence-corrected chi connectivity index (χ3v) is 10.7. The van der Waals surface area contributed by atoms with Gasteiger partial charge in [-0.15, -0.1) is 5.06 Å². The van der Waals surface area contributed by atoms with Crippen LogP contribution < -0.4 is 14.5 Å². The molecule has 1 aromatic carbocycles. The zero-order valence-corrected chi connectivity index (χ0v) is 28.7. The van der Waals surface area contributed by atoms with E-state index >= 15 is 0 Å². The van der Waals surface area contributed by atoms with Crippen molar-refractivity contribution in [2.75, 3.05) is 42.7 Å². The van der Waals surface area contributed by atoms with Crippen LogP contribution in [0.25, 0.3) is 22.1 Å². The van der Waals surface area contributed by atoms with Crippen LogP contribution in [0.2, 0.25) is 0 Å². The van der Waals surface area contributed by atoms with Crippen molar-refractivity contribution in [2.24, 2.45) is 7.05 Å². The summed E-state index contributed by atoms with van der Waals surface area (Å²) in [5.74, 6) is 8.87. The van der Waals surface area contributed by atoms with Crippen LogP contribution in [0.4, 0.5) is 11.5 Å². The number of para-hydroxylation sites is 1. The number of anilines is 2. The minimum atomic E-state index is -1.00. The molecule has 2 unspecified atom stereocenters. The first-order valence-electron chi connectivity index (χ1n) is 17.6. The minimum absolute atomic E-state index is 0.0178.